The molecule has 0 saturated heterocycles. The second-order valence-electron chi connectivity index (χ2n) is 18.7. The van der Waals surface area contributed by atoms with E-state index in [1.807, 2.05) is 18.2 Å². The van der Waals surface area contributed by atoms with E-state index in [-0.39, 0.29) is 25.9 Å². The molecule has 0 spiro atoms. The number of unbranched alkanes of at least 4 members (excludes halogenated alkanes) is 18. The first-order valence-electron chi connectivity index (χ1n) is 28.8. The molecule has 0 bridgehead atoms. The molecule has 0 aliphatic heterocycles. The molecule has 2 N–H and O–H groups in total. The molecular weight excluding hydrogens is 952 g/mol. The van der Waals surface area contributed by atoms with E-state index in [0.717, 1.165) is 109 Å². The summed E-state index contributed by atoms with van der Waals surface area (Å²) in [5.41, 5.74) is 0. The number of aliphatic hydroxyl groups excluding tert-OH is 1. The molecule has 3 unspecified atom stereocenters. The second kappa shape index (κ2) is 55.4. The Hall–Kier alpha value is -3.86. The number of phosphoric acid groups is 1. The SMILES string of the molecule is CC/C=C\C/C=C\C/C=C\C/C=C\C/C=C\CC(=O)OC(COC(=O)CCCCCCCC/C=C\C/C=C\C/C=C\C/C=C\CC)COP(=O)(O)OCC(CO)OC(=O)CCCCCCCCCCCCCCC. The molecule has 422 valence electrons. The van der Waals surface area contributed by atoms with Crippen LogP contribution in [0.25, 0.3) is 0 Å². The lowest BCUT2D eigenvalue weighted by molar-refractivity contribution is -0.160. The molecule has 3 atom stereocenters. The van der Waals surface area contributed by atoms with E-state index < -0.39 is 57.8 Å². The normalized spacial score (nSPS) is 14.2. The standard InChI is InChI=1S/C62H103O11P/c1-4-7-10-13-16-19-22-25-27-28-29-30-32-34-36-39-42-45-48-51-60(64)69-55-59(73-62(66)53-50-47-44-41-38-35-31-26-23-20-17-14-11-8-5-2)57-71-74(67,68)70-56-58(54-63)72-61(65)52-49-46-43-40-37-33-24-21-18-15-12-9-6-3/h7-8,10-11,16-17,19-20,25-27,29-31,38,41,47,50,58-59,63H,4-6,9,12-15,18,21-24,28,32-37,39-40,42-46,48-49,51-57H2,1-3H3,(H,67,68)/b10-7-,11-8-,19-16-,20-17-,27-25-,30-29-,31-26-,41-38-,50-47-. The summed E-state index contributed by atoms with van der Waals surface area (Å²) in [7, 11) is -4.78. The van der Waals surface area contributed by atoms with Gasteiger partial charge in [-0.1, -0.05) is 233 Å². The summed E-state index contributed by atoms with van der Waals surface area (Å²) in [4.78, 5) is 48.5. The molecule has 0 aromatic carbocycles. The number of phosphoric ester groups is 1. The highest BCUT2D eigenvalue weighted by molar-refractivity contribution is 7.47. The molecule has 0 heterocycles. The van der Waals surface area contributed by atoms with Gasteiger partial charge in [0.05, 0.1) is 26.2 Å². The largest absolute Gasteiger partial charge is 0.472 e. The predicted molar refractivity (Wildman–Crippen MR) is 307 cm³/mol. The van der Waals surface area contributed by atoms with E-state index >= 15 is 0 Å². The van der Waals surface area contributed by atoms with Crippen LogP contribution in [0.15, 0.2) is 109 Å². The highest BCUT2D eigenvalue weighted by Crippen LogP contribution is 2.43. The van der Waals surface area contributed by atoms with E-state index in [4.69, 9.17) is 23.3 Å². The van der Waals surface area contributed by atoms with Gasteiger partial charge in [0.25, 0.3) is 0 Å². The second-order valence-corrected chi connectivity index (χ2v) is 20.2. The molecule has 0 radical (unpaired) electrons. The molecule has 0 aliphatic rings. The van der Waals surface area contributed by atoms with Crippen LogP contribution < -0.4 is 0 Å². The zero-order valence-electron chi connectivity index (χ0n) is 46.5. The van der Waals surface area contributed by atoms with Crippen LogP contribution in [-0.2, 0) is 42.2 Å². The van der Waals surface area contributed by atoms with E-state index in [0.29, 0.717) is 19.3 Å². The minimum Gasteiger partial charge on any atom is -0.462 e. The maximum absolute atomic E-state index is 12.9. The zero-order valence-corrected chi connectivity index (χ0v) is 47.4. The average Bonchev–Trinajstić information content (AvgIpc) is 3.39. The third kappa shape index (κ3) is 53.0. The Bertz CT molecular complexity index is 1660. The maximum Gasteiger partial charge on any atom is 0.472 e. The monoisotopic (exact) mass is 1050 g/mol. The molecule has 0 rings (SSSR count). The van der Waals surface area contributed by atoms with Crippen LogP contribution >= 0.6 is 7.82 Å². The number of carbonyl (C=O) groups excluding carboxylic acids is 3. The molecule has 0 aromatic heterocycles. The number of esters is 3. The van der Waals surface area contributed by atoms with Gasteiger partial charge in [-0.05, 0) is 83.5 Å². The van der Waals surface area contributed by atoms with Crippen molar-refractivity contribution in [1.29, 1.82) is 0 Å². The van der Waals surface area contributed by atoms with E-state index in [2.05, 4.69) is 106 Å². The predicted octanol–water partition coefficient (Wildman–Crippen LogP) is 17.0. The molecule has 0 aromatic rings. The zero-order chi connectivity index (χ0) is 54.1. The van der Waals surface area contributed by atoms with Crippen molar-refractivity contribution in [3.05, 3.63) is 109 Å². The lowest BCUT2D eigenvalue weighted by atomic mass is 10.0. The summed E-state index contributed by atoms with van der Waals surface area (Å²) >= 11 is 0. The average molecular weight is 1060 g/mol. The summed E-state index contributed by atoms with van der Waals surface area (Å²) in [6, 6.07) is 0. The minimum absolute atomic E-state index is 0.0719. The number of allylic oxidation sites excluding steroid dienone is 17. The Balaban J connectivity index is 4.84. The Morgan fingerprint density at radius 2 is 0.757 bits per heavy atom. The lowest BCUT2D eigenvalue weighted by Gasteiger charge is -2.21. The van der Waals surface area contributed by atoms with Gasteiger partial charge in [0.1, 0.15) is 12.7 Å². The summed E-state index contributed by atoms with van der Waals surface area (Å²) in [6.45, 7) is 4.29. The van der Waals surface area contributed by atoms with Crippen LogP contribution in [0.1, 0.15) is 226 Å². The van der Waals surface area contributed by atoms with Crippen molar-refractivity contribution in [2.45, 2.75) is 238 Å². The molecule has 0 amide bonds. The number of aliphatic hydroxyl groups is 1. The van der Waals surface area contributed by atoms with Crippen molar-refractivity contribution in [1.82, 2.24) is 0 Å². The topological polar surface area (TPSA) is 155 Å². The Morgan fingerprint density at radius 1 is 0.405 bits per heavy atom. The summed E-state index contributed by atoms with van der Waals surface area (Å²) in [5.74, 6) is -1.64. The van der Waals surface area contributed by atoms with Gasteiger partial charge in [-0.25, -0.2) is 4.57 Å². The fourth-order valence-corrected chi connectivity index (χ4v) is 8.21. The van der Waals surface area contributed by atoms with Crippen molar-refractivity contribution >= 4 is 25.7 Å². The van der Waals surface area contributed by atoms with E-state index in [1.165, 1.54) is 57.8 Å². The first kappa shape index (κ1) is 70.1. The molecule has 0 fully saturated rings. The number of carbonyl (C=O) groups is 3. The minimum atomic E-state index is -4.78. The number of ether oxygens (including phenoxy) is 3. The van der Waals surface area contributed by atoms with Gasteiger partial charge in [-0.15, -0.1) is 0 Å². The Kier molecular flexibility index (Phi) is 52.5. The third-order valence-corrected chi connectivity index (χ3v) is 12.7. The fourth-order valence-electron chi connectivity index (χ4n) is 7.42. The van der Waals surface area contributed by atoms with Gasteiger partial charge in [0.2, 0.25) is 0 Å². The van der Waals surface area contributed by atoms with Crippen LogP contribution in [0.5, 0.6) is 0 Å². The molecular formula is C62H103O11P. The van der Waals surface area contributed by atoms with Gasteiger partial charge in [-0.2, -0.15) is 0 Å². The summed E-state index contributed by atoms with van der Waals surface area (Å²) < 4.78 is 39.4. The van der Waals surface area contributed by atoms with Gasteiger partial charge in [0, 0.05) is 12.8 Å². The van der Waals surface area contributed by atoms with Crippen molar-refractivity contribution in [3.8, 4) is 0 Å². The Morgan fingerprint density at radius 3 is 1.19 bits per heavy atom. The molecule has 0 saturated carbocycles. The van der Waals surface area contributed by atoms with Gasteiger partial charge < -0.3 is 24.2 Å². The number of rotatable bonds is 52. The van der Waals surface area contributed by atoms with E-state index in [1.54, 1.807) is 6.08 Å². The van der Waals surface area contributed by atoms with Crippen molar-refractivity contribution in [3.63, 3.8) is 0 Å². The smallest absolute Gasteiger partial charge is 0.462 e. The highest BCUT2D eigenvalue weighted by Gasteiger charge is 2.28. The van der Waals surface area contributed by atoms with Crippen molar-refractivity contribution in [2.75, 3.05) is 26.4 Å². The van der Waals surface area contributed by atoms with Crippen LogP contribution in [0.2, 0.25) is 0 Å². The van der Waals surface area contributed by atoms with Crippen LogP contribution in [0.3, 0.4) is 0 Å². The van der Waals surface area contributed by atoms with Gasteiger partial charge in [0.15, 0.2) is 6.10 Å². The highest BCUT2D eigenvalue weighted by atomic mass is 31.2. The van der Waals surface area contributed by atoms with Crippen LogP contribution in [0, 0.1) is 0 Å². The van der Waals surface area contributed by atoms with Crippen molar-refractivity contribution < 1.29 is 52.2 Å². The van der Waals surface area contributed by atoms with Crippen molar-refractivity contribution in [2.24, 2.45) is 0 Å². The third-order valence-electron chi connectivity index (χ3n) is 11.7. The fraction of sp³-hybridized carbons (Fsp3) is 0.661. The quantitative estimate of drug-likeness (QED) is 0.0197. The summed E-state index contributed by atoms with van der Waals surface area (Å²) in [5, 5.41) is 9.80. The molecule has 74 heavy (non-hydrogen) atoms. The molecule has 12 heteroatoms. The van der Waals surface area contributed by atoms with E-state index in [9.17, 15) is 28.9 Å². The van der Waals surface area contributed by atoms with Gasteiger partial charge in [-0.3, -0.25) is 23.4 Å². The summed E-state index contributed by atoms with van der Waals surface area (Å²) in [6.07, 6.45) is 66.5. The number of hydrogen-bond acceptors (Lipinski definition) is 10. The Labute approximate surface area is 450 Å². The van der Waals surface area contributed by atoms with Crippen LogP contribution in [0.4, 0.5) is 0 Å². The lowest BCUT2D eigenvalue weighted by Crippen LogP contribution is -2.30. The molecule has 11 nitrogen and oxygen atoms in total. The maximum atomic E-state index is 12.9. The first-order chi connectivity index (χ1) is 36.2. The van der Waals surface area contributed by atoms with Gasteiger partial charge >= 0.3 is 25.7 Å². The number of hydrogen-bond donors (Lipinski definition) is 2. The molecule has 0 aliphatic carbocycles. The van der Waals surface area contributed by atoms with Crippen LogP contribution in [-0.4, -0.2) is 66.5 Å². The first-order valence-corrected chi connectivity index (χ1v) is 30.3.